The molecule has 3 nitrogen and oxygen atoms in total. The molecule has 1 aliphatic heterocycles. The van der Waals surface area contributed by atoms with Crippen LogP contribution in [0.1, 0.15) is 11.7 Å². The number of β-amino-alcohol motifs (C(OH)–C–C–N with tert-alkyl or cyclic N) is 1. The van der Waals surface area contributed by atoms with E-state index in [4.69, 9.17) is 0 Å². The van der Waals surface area contributed by atoms with Gasteiger partial charge in [0.15, 0.2) is 0 Å². The van der Waals surface area contributed by atoms with E-state index in [1.807, 2.05) is 30.3 Å². The predicted molar refractivity (Wildman–Crippen MR) is 86.5 cm³/mol. The van der Waals surface area contributed by atoms with Crippen molar-refractivity contribution in [2.75, 3.05) is 37.6 Å². The fraction of sp³-hybridized carbons (Fsp3) is 0.333. The minimum atomic E-state index is -0.394. The van der Waals surface area contributed by atoms with E-state index >= 15 is 0 Å². The second-order valence-corrected chi connectivity index (χ2v) is 5.55. The Hall–Kier alpha value is -1.84. The topological polar surface area (TPSA) is 26.7 Å². The van der Waals surface area contributed by atoms with Gasteiger partial charge in [-0.25, -0.2) is 0 Å². The van der Waals surface area contributed by atoms with Crippen molar-refractivity contribution in [2.24, 2.45) is 0 Å². The van der Waals surface area contributed by atoms with E-state index in [-0.39, 0.29) is 0 Å². The number of rotatable bonds is 4. The van der Waals surface area contributed by atoms with Gasteiger partial charge < -0.3 is 10.0 Å². The lowest BCUT2D eigenvalue weighted by Gasteiger charge is -2.37. The summed E-state index contributed by atoms with van der Waals surface area (Å²) in [5.41, 5.74) is 2.30. The number of benzene rings is 2. The van der Waals surface area contributed by atoms with Gasteiger partial charge in [-0.2, -0.15) is 0 Å². The molecule has 2 aromatic rings. The number of hydrogen-bond acceptors (Lipinski definition) is 3. The first kappa shape index (κ1) is 14.1. The summed E-state index contributed by atoms with van der Waals surface area (Å²) in [4.78, 5) is 4.75. The standard InChI is InChI=1S/C18H22N2O/c21-18(16-7-3-1-4-8-16)15-19-11-13-20(14-12-19)17-9-5-2-6-10-17/h1-10,18,21H,11-15H2/t18-/m1/s1. The van der Waals surface area contributed by atoms with Crippen LogP contribution in [0.2, 0.25) is 0 Å². The third-order valence-electron chi connectivity index (χ3n) is 4.11. The average Bonchev–Trinajstić information content (AvgIpc) is 2.57. The number of piperazine rings is 1. The molecule has 110 valence electrons. The van der Waals surface area contributed by atoms with Gasteiger partial charge in [0.25, 0.3) is 0 Å². The van der Waals surface area contributed by atoms with Crippen LogP contribution in [0.3, 0.4) is 0 Å². The predicted octanol–water partition coefficient (Wildman–Crippen LogP) is 2.54. The number of hydrogen-bond donors (Lipinski definition) is 1. The van der Waals surface area contributed by atoms with Crippen LogP contribution in [-0.2, 0) is 0 Å². The first-order chi connectivity index (χ1) is 10.3. The maximum absolute atomic E-state index is 10.3. The van der Waals surface area contributed by atoms with Crippen LogP contribution in [0.5, 0.6) is 0 Å². The number of aliphatic hydroxyl groups excluding tert-OH is 1. The summed E-state index contributed by atoms with van der Waals surface area (Å²) in [6.07, 6.45) is -0.394. The number of aliphatic hydroxyl groups is 1. The molecule has 1 N–H and O–H groups in total. The molecule has 1 aliphatic rings. The molecule has 0 unspecified atom stereocenters. The normalized spacial score (nSPS) is 17.7. The summed E-state index contributed by atoms with van der Waals surface area (Å²) >= 11 is 0. The van der Waals surface area contributed by atoms with Gasteiger partial charge in [0.1, 0.15) is 0 Å². The third-order valence-corrected chi connectivity index (χ3v) is 4.11. The number of nitrogens with zero attached hydrogens (tertiary/aromatic N) is 2. The summed E-state index contributed by atoms with van der Waals surface area (Å²) in [5, 5.41) is 10.3. The molecule has 1 atom stereocenters. The molecular formula is C18H22N2O. The minimum Gasteiger partial charge on any atom is -0.387 e. The monoisotopic (exact) mass is 282 g/mol. The summed E-state index contributed by atoms with van der Waals surface area (Å²) in [6, 6.07) is 20.5. The molecule has 0 aromatic heterocycles. The molecule has 0 amide bonds. The highest BCUT2D eigenvalue weighted by molar-refractivity contribution is 5.46. The van der Waals surface area contributed by atoms with E-state index < -0.39 is 6.10 Å². The van der Waals surface area contributed by atoms with E-state index in [2.05, 4.69) is 40.1 Å². The van der Waals surface area contributed by atoms with Gasteiger partial charge in [-0.05, 0) is 17.7 Å². The summed E-state index contributed by atoms with van der Waals surface area (Å²) in [7, 11) is 0. The molecule has 0 bridgehead atoms. The van der Waals surface area contributed by atoms with E-state index in [1.165, 1.54) is 5.69 Å². The maximum Gasteiger partial charge on any atom is 0.0916 e. The lowest BCUT2D eigenvalue weighted by molar-refractivity contribution is 0.109. The van der Waals surface area contributed by atoms with Crippen LogP contribution < -0.4 is 4.90 Å². The first-order valence-electron chi connectivity index (χ1n) is 7.58. The zero-order valence-corrected chi connectivity index (χ0v) is 12.2. The average molecular weight is 282 g/mol. The smallest absolute Gasteiger partial charge is 0.0916 e. The summed E-state index contributed by atoms with van der Waals surface area (Å²) in [5.74, 6) is 0. The van der Waals surface area contributed by atoms with E-state index in [0.29, 0.717) is 6.54 Å². The number of para-hydroxylation sites is 1. The zero-order chi connectivity index (χ0) is 14.5. The Bertz CT molecular complexity index is 536. The lowest BCUT2D eigenvalue weighted by atomic mass is 10.1. The van der Waals surface area contributed by atoms with Crippen molar-refractivity contribution in [2.45, 2.75) is 6.10 Å². The van der Waals surface area contributed by atoms with Crippen LogP contribution in [-0.4, -0.2) is 42.7 Å². The molecule has 0 radical (unpaired) electrons. The van der Waals surface area contributed by atoms with Crippen molar-refractivity contribution in [1.82, 2.24) is 4.90 Å². The molecule has 0 saturated carbocycles. The molecule has 3 rings (SSSR count). The highest BCUT2D eigenvalue weighted by Crippen LogP contribution is 2.18. The maximum atomic E-state index is 10.3. The van der Waals surface area contributed by atoms with E-state index in [9.17, 15) is 5.11 Å². The molecule has 0 spiro atoms. The fourth-order valence-corrected chi connectivity index (χ4v) is 2.85. The molecule has 1 heterocycles. The molecule has 1 saturated heterocycles. The molecule has 21 heavy (non-hydrogen) atoms. The largest absolute Gasteiger partial charge is 0.387 e. The van der Waals surface area contributed by atoms with Gasteiger partial charge in [0, 0.05) is 38.4 Å². The molecule has 2 aromatic carbocycles. The van der Waals surface area contributed by atoms with Gasteiger partial charge in [-0.15, -0.1) is 0 Å². The van der Waals surface area contributed by atoms with Gasteiger partial charge >= 0.3 is 0 Å². The van der Waals surface area contributed by atoms with E-state index in [0.717, 1.165) is 31.7 Å². The van der Waals surface area contributed by atoms with Crippen molar-refractivity contribution in [3.05, 3.63) is 66.2 Å². The lowest BCUT2D eigenvalue weighted by Crippen LogP contribution is -2.47. The summed E-state index contributed by atoms with van der Waals surface area (Å²) < 4.78 is 0. The Morgan fingerprint density at radius 3 is 2.00 bits per heavy atom. The zero-order valence-electron chi connectivity index (χ0n) is 12.2. The third kappa shape index (κ3) is 3.63. The second-order valence-electron chi connectivity index (χ2n) is 5.55. The Labute approximate surface area is 126 Å². The highest BCUT2D eigenvalue weighted by atomic mass is 16.3. The Morgan fingerprint density at radius 1 is 0.810 bits per heavy atom. The quantitative estimate of drug-likeness (QED) is 0.933. The van der Waals surface area contributed by atoms with Gasteiger partial charge in [0.2, 0.25) is 0 Å². The van der Waals surface area contributed by atoms with Crippen molar-refractivity contribution in [3.8, 4) is 0 Å². The molecule has 3 heteroatoms. The van der Waals surface area contributed by atoms with Crippen LogP contribution in [0, 0.1) is 0 Å². The second kappa shape index (κ2) is 6.74. The van der Waals surface area contributed by atoms with Crippen molar-refractivity contribution < 1.29 is 5.11 Å². The fourth-order valence-electron chi connectivity index (χ4n) is 2.85. The van der Waals surface area contributed by atoms with Crippen LogP contribution >= 0.6 is 0 Å². The van der Waals surface area contributed by atoms with Crippen LogP contribution in [0.25, 0.3) is 0 Å². The Morgan fingerprint density at radius 2 is 1.38 bits per heavy atom. The molecular weight excluding hydrogens is 260 g/mol. The molecule has 0 aliphatic carbocycles. The van der Waals surface area contributed by atoms with Gasteiger partial charge in [0.05, 0.1) is 6.10 Å². The Kier molecular flexibility index (Phi) is 4.53. The van der Waals surface area contributed by atoms with Crippen molar-refractivity contribution in [3.63, 3.8) is 0 Å². The molecule has 1 fully saturated rings. The first-order valence-corrected chi connectivity index (χ1v) is 7.58. The SMILES string of the molecule is O[C@H](CN1CCN(c2ccccc2)CC1)c1ccccc1. The highest BCUT2D eigenvalue weighted by Gasteiger charge is 2.19. The van der Waals surface area contributed by atoms with E-state index in [1.54, 1.807) is 0 Å². The minimum absolute atomic E-state index is 0.394. The summed E-state index contributed by atoms with van der Waals surface area (Å²) in [6.45, 7) is 4.75. The number of anilines is 1. The Balaban J connectivity index is 1.52. The van der Waals surface area contributed by atoms with Crippen molar-refractivity contribution >= 4 is 5.69 Å². The van der Waals surface area contributed by atoms with Crippen LogP contribution in [0.15, 0.2) is 60.7 Å². The van der Waals surface area contributed by atoms with Gasteiger partial charge in [-0.1, -0.05) is 48.5 Å². The van der Waals surface area contributed by atoms with Crippen LogP contribution in [0.4, 0.5) is 5.69 Å². The van der Waals surface area contributed by atoms with Crippen molar-refractivity contribution in [1.29, 1.82) is 0 Å². The van der Waals surface area contributed by atoms with Gasteiger partial charge in [-0.3, -0.25) is 4.90 Å².